The maximum atomic E-state index is 12.6. The van der Waals surface area contributed by atoms with Crippen molar-refractivity contribution < 1.29 is 4.79 Å². The third-order valence-corrected chi connectivity index (χ3v) is 5.60. The van der Waals surface area contributed by atoms with Crippen LogP contribution in [0.25, 0.3) is 10.3 Å². The van der Waals surface area contributed by atoms with Crippen molar-refractivity contribution in [1.82, 2.24) is 15.0 Å². The first kappa shape index (κ1) is 17.1. The number of nitrogens with zero attached hydrogens (tertiary/aromatic N) is 4. The molecule has 7 heteroatoms. The van der Waals surface area contributed by atoms with E-state index in [1.54, 1.807) is 17.4 Å². The van der Waals surface area contributed by atoms with E-state index in [2.05, 4.69) is 15.0 Å². The number of ketones is 1. The molecule has 0 unspecified atom stereocenters. The van der Waals surface area contributed by atoms with Gasteiger partial charge in [-0.25, -0.2) is 15.0 Å². The van der Waals surface area contributed by atoms with Crippen molar-refractivity contribution in [2.75, 3.05) is 0 Å². The molecule has 26 heavy (non-hydrogen) atoms. The van der Waals surface area contributed by atoms with Gasteiger partial charge < -0.3 is 0 Å². The molecule has 3 aromatic heterocycles. The van der Waals surface area contributed by atoms with Crippen LogP contribution in [0.15, 0.2) is 18.5 Å². The molecule has 3 heterocycles. The summed E-state index contributed by atoms with van der Waals surface area (Å²) in [6.45, 7) is 1.98. The highest BCUT2D eigenvalue weighted by Gasteiger charge is 2.30. The van der Waals surface area contributed by atoms with E-state index in [9.17, 15) is 4.79 Å². The SMILES string of the molecule is Cc1nc2c(C3CC3)c(CC(=O)Cc3cnc(C#N)c(Cl)c3)cnc2s1. The normalized spacial score (nSPS) is 13.7. The molecule has 0 bridgehead atoms. The predicted molar refractivity (Wildman–Crippen MR) is 101 cm³/mol. The Labute approximate surface area is 159 Å². The quantitative estimate of drug-likeness (QED) is 0.662. The summed E-state index contributed by atoms with van der Waals surface area (Å²) in [4.78, 5) is 26.7. The molecule has 1 fully saturated rings. The molecule has 0 saturated heterocycles. The van der Waals surface area contributed by atoms with Crippen LogP contribution >= 0.6 is 22.9 Å². The van der Waals surface area contributed by atoms with Gasteiger partial charge in [0.1, 0.15) is 22.2 Å². The number of thiazole rings is 1. The smallest absolute Gasteiger partial charge is 0.159 e. The summed E-state index contributed by atoms with van der Waals surface area (Å²) in [6, 6.07) is 3.56. The Morgan fingerprint density at radius 1 is 1.35 bits per heavy atom. The zero-order valence-electron chi connectivity index (χ0n) is 14.1. The second kappa shape index (κ2) is 6.75. The van der Waals surface area contributed by atoms with Gasteiger partial charge >= 0.3 is 0 Å². The average Bonchev–Trinajstić information content (AvgIpc) is 3.35. The van der Waals surface area contributed by atoms with Crippen molar-refractivity contribution in [1.29, 1.82) is 5.26 Å². The molecule has 0 atom stereocenters. The van der Waals surface area contributed by atoms with E-state index in [0.29, 0.717) is 17.9 Å². The third kappa shape index (κ3) is 3.33. The number of fused-ring (bicyclic) bond motifs is 1. The Hall–Kier alpha value is -2.36. The van der Waals surface area contributed by atoms with Crippen molar-refractivity contribution in [2.24, 2.45) is 0 Å². The van der Waals surface area contributed by atoms with Crippen LogP contribution in [-0.2, 0) is 17.6 Å². The fourth-order valence-corrected chi connectivity index (χ4v) is 4.17. The van der Waals surface area contributed by atoms with E-state index < -0.39 is 0 Å². The number of aromatic nitrogens is 3. The molecule has 4 rings (SSSR count). The van der Waals surface area contributed by atoms with Gasteiger partial charge in [-0.15, -0.1) is 0 Å². The molecule has 0 amide bonds. The van der Waals surface area contributed by atoms with Crippen LogP contribution in [-0.4, -0.2) is 20.7 Å². The molecule has 0 radical (unpaired) electrons. The van der Waals surface area contributed by atoms with Gasteiger partial charge in [0.2, 0.25) is 0 Å². The van der Waals surface area contributed by atoms with Crippen LogP contribution in [0.3, 0.4) is 0 Å². The summed E-state index contributed by atoms with van der Waals surface area (Å²) in [5, 5.41) is 10.2. The molecule has 0 aliphatic heterocycles. The molecular formula is C19H15ClN4OS. The fraction of sp³-hybridized carbons (Fsp3) is 0.316. The van der Waals surface area contributed by atoms with Crippen molar-refractivity contribution >= 4 is 39.1 Å². The molecule has 0 N–H and O–H groups in total. The van der Waals surface area contributed by atoms with E-state index in [4.69, 9.17) is 16.9 Å². The molecule has 0 spiro atoms. The van der Waals surface area contributed by atoms with Crippen molar-refractivity contribution in [3.63, 3.8) is 0 Å². The summed E-state index contributed by atoms with van der Waals surface area (Å²) in [5.41, 5.74) is 4.02. The summed E-state index contributed by atoms with van der Waals surface area (Å²) < 4.78 is 0. The van der Waals surface area contributed by atoms with Crippen molar-refractivity contribution in [3.8, 4) is 6.07 Å². The number of hydrogen-bond acceptors (Lipinski definition) is 6. The Morgan fingerprint density at radius 2 is 2.15 bits per heavy atom. The summed E-state index contributed by atoms with van der Waals surface area (Å²) in [5.74, 6) is 0.568. The number of Topliss-reactive ketones (excluding diaryl/α,β-unsaturated/α-hetero) is 1. The predicted octanol–water partition coefficient (Wildman–Crippen LogP) is 4.15. The van der Waals surface area contributed by atoms with Crippen LogP contribution in [0.1, 0.15) is 46.2 Å². The molecule has 1 aliphatic rings. The monoisotopic (exact) mass is 382 g/mol. The second-order valence-electron chi connectivity index (χ2n) is 6.54. The average molecular weight is 383 g/mol. The van der Waals surface area contributed by atoms with Crippen LogP contribution in [0.5, 0.6) is 0 Å². The highest BCUT2D eigenvalue weighted by molar-refractivity contribution is 7.18. The Balaban J connectivity index is 1.59. The van der Waals surface area contributed by atoms with Crippen LogP contribution in [0.4, 0.5) is 0 Å². The number of rotatable bonds is 5. The summed E-state index contributed by atoms with van der Waals surface area (Å²) >= 11 is 7.59. The topological polar surface area (TPSA) is 79.5 Å². The standard InChI is InChI=1S/C19H15ClN4OS/c1-10-24-18-17(12-2-3-12)13(9-23-19(18)26-10)6-14(25)4-11-5-15(20)16(7-21)22-8-11/h5,8-9,12H,2-4,6H2,1H3. The molecule has 1 saturated carbocycles. The number of carbonyl (C=O) groups is 1. The molecular weight excluding hydrogens is 368 g/mol. The van der Waals surface area contributed by atoms with Gasteiger partial charge in [-0.1, -0.05) is 22.9 Å². The van der Waals surface area contributed by atoms with Crippen LogP contribution < -0.4 is 0 Å². The first-order valence-electron chi connectivity index (χ1n) is 8.36. The third-order valence-electron chi connectivity index (χ3n) is 4.43. The Kier molecular flexibility index (Phi) is 4.43. The van der Waals surface area contributed by atoms with Gasteiger partial charge in [0.25, 0.3) is 0 Å². The first-order chi connectivity index (χ1) is 12.5. The lowest BCUT2D eigenvalue weighted by molar-refractivity contribution is -0.117. The van der Waals surface area contributed by atoms with Gasteiger partial charge in [0.15, 0.2) is 5.69 Å². The summed E-state index contributed by atoms with van der Waals surface area (Å²) in [7, 11) is 0. The minimum atomic E-state index is 0.0718. The highest BCUT2D eigenvalue weighted by Crippen LogP contribution is 2.45. The van der Waals surface area contributed by atoms with Crippen LogP contribution in [0.2, 0.25) is 5.02 Å². The Morgan fingerprint density at radius 3 is 2.85 bits per heavy atom. The van der Waals surface area contributed by atoms with Gasteiger partial charge in [-0.3, -0.25) is 4.79 Å². The lowest BCUT2D eigenvalue weighted by Gasteiger charge is -2.09. The Bertz CT molecular complexity index is 1070. The maximum absolute atomic E-state index is 12.6. The van der Waals surface area contributed by atoms with Crippen molar-refractivity contribution in [2.45, 2.75) is 38.5 Å². The number of nitriles is 1. The second-order valence-corrected chi connectivity index (χ2v) is 8.12. The van der Waals surface area contributed by atoms with Gasteiger partial charge in [-0.2, -0.15) is 5.26 Å². The minimum Gasteiger partial charge on any atom is -0.299 e. The lowest BCUT2D eigenvalue weighted by Crippen LogP contribution is -2.09. The van der Waals surface area contributed by atoms with E-state index >= 15 is 0 Å². The van der Waals surface area contributed by atoms with Crippen molar-refractivity contribution in [3.05, 3.63) is 50.9 Å². The zero-order valence-corrected chi connectivity index (χ0v) is 15.7. The lowest BCUT2D eigenvalue weighted by atomic mass is 9.98. The first-order valence-corrected chi connectivity index (χ1v) is 9.55. The largest absolute Gasteiger partial charge is 0.299 e. The fourth-order valence-electron chi connectivity index (χ4n) is 3.16. The van der Waals surface area contributed by atoms with Crippen LogP contribution in [0, 0.1) is 18.3 Å². The maximum Gasteiger partial charge on any atom is 0.159 e. The van der Waals surface area contributed by atoms with Gasteiger partial charge in [0.05, 0.1) is 10.0 Å². The number of pyridine rings is 2. The molecule has 5 nitrogen and oxygen atoms in total. The van der Waals surface area contributed by atoms with E-state index in [-0.39, 0.29) is 22.9 Å². The van der Waals surface area contributed by atoms with E-state index in [0.717, 1.165) is 33.8 Å². The van der Waals surface area contributed by atoms with E-state index in [1.165, 1.54) is 11.8 Å². The van der Waals surface area contributed by atoms with Gasteiger partial charge in [0, 0.05) is 25.2 Å². The summed E-state index contributed by atoms with van der Waals surface area (Å²) in [6.07, 6.45) is 6.21. The number of halogens is 1. The highest BCUT2D eigenvalue weighted by atomic mass is 35.5. The zero-order chi connectivity index (χ0) is 18.3. The number of hydrogen-bond donors (Lipinski definition) is 0. The molecule has 3 aromatic rings. The molecule has 1 aliphatic carbocycles. The number of carbonyl (C=O) groups excluding carboxylic acids is 1. The van der Waals surface area contributed by atoms with Gasteiger partial charge in [-0.05, 0) is 48.4 Å². The molecule has 0 aromatic carbocycles. The minimum absolute atomic E-state index is 0.0718. The molecule has 130 valence electrons. The van der Waals surface area contributed by atoms with E-state index in [1.807, 2.05) is 19.2 Å². The number of aryl methyl sites for hydroxylation is 1.